The highest BCUT2D eigenvalue weighted by molar-refractivity contribution is 7.91. The van der Waals surface area contributed by atoms with Crippen LogP contribution in [-0.4, -0.2) is 43.0 Å². The van der Waals surface area contributed by atoms with Gasteiger partial charge in [-0.05, 0) is 6.92 Å². The maximum atomic E-state index is 11.3. The van der Waals surface area contributed by atoms with Crippen LogP contribution in [0.5, 0.6) is 0 Å². The van der Waals surface area contributed by atoms with E-state index in [1.807, 2.05) is 6.92 Å². The molecule has 96 valence electrons. The van der Waals surface area contributed by atoms with Gasteiger partial charge in [-0.25, -0.2) is 18.4 Å². The fourth-order valence-electron chi connectivity index (χ4n) is 1.21. The zero-order valence-corrected chi connectivity index (χ0v) is 10.9. The maximum Gasteiger partial charge on any atom is 0.151 e. The van der Waals surface area contributed by atoms with E-state index in [1.165, 1.54) is 6.33 Å². The van der Waals surface area contributed by atoms with Crippen molar-refractivity contribution in [2.24, 2.45) is 0 Å². The summed E-state index contributed by atoms with van der Waals surface area (Å²) in [4.78, 5) is 8.03. The van der Waals surface area contributed by atoms with E-state index >= 15 is 0 Å². The summed E-state index contributed by atoms with van der Waals surface area (Å²) in [6.45, 7) is 4.76. The van der Waals surface area contributed by atoms with Gasteiger partial charge in [-0.3, -0.25) is 0 Å². The Morgan fingerprint density at radius 1 is 1.18 bits per heavy atom. The SMILES string of the molecule is CCNc1cc(NCCS(=O)(=O)CC)ncn1. The van der Waals surface area contributed by atoms with Gasteiger partial charge in [-0.2, -0.15) is 0 Å². The minimum Gasteiger partial charge on any atom is -0.370 e. The Bertz CT molecular complexity index is 447. The second kappa shape index (κ2) is 6.39. The van der Waals surface area contributed by atoms with Crippen molar-refractivity contribution in [2.75, 3.05) is 35.2 Å². The Morgan fingerprint density at radius 3 is 2.41 bits per heavy atom. The average molecular weight is 258 g/mol. The monoisotopic (exact) mass is 258 g/mol. The minimum atomic E-state index is -2.93. The Kier molecular flexibility index (Phi) is 5.14. The zero-order valence-electron chi connectivity index (χ0n) is 10.1. The Balaban J connectivity index is 2.49. The Morgan fingerprint density at radius 2 is 1.82 bits per heavy atom. The van der Waals surface area contributed by atoms with Crippen molar-refractivity contribution in [3.63, 3.8) is 0 Å². The topological polar surface area (TPSA) is 84.0 Å². The molecule has 0 unspecified atom stereocenters. The molecule has 1 rings (SSSR count). The number of sulfone groups is 1. The lowest BCUT2D eigenvalue weighted by molar-refractivity contribution is 0.597. The third kappa shape index (κ3) is 4.99. The van der Waals surface area contributed by atoms with Crippen LogP contribution in [0, 0.1) is 0 Å². The molecule has 0 saturated carbocycles. The number of hydrogen-bond donors (Lipinski definition) is 2. The molecule has 1 aromatic rings. The summed E-state index contributed by atoms with van der Waals surface area (Å²) in [6.07, 6.45) is 1.44. The summed E-state index contributed by atoms with van der Waals surface area (Å²) in [5.41, 5.74) is 0. The molecule has 0 aliphatic carbocycles. The third-order valence-corrected chi connectivity index (χ3v) is 3.89. The summed E-state index contributed by atoms with van der Waals surface area (Å²) in [5, 5.41) is 6.02. The van der Waals surface area contributed by atoms with Crippen molar-refractivity contribution >= 4 is 21.5 Å². The van der Waals surface area contributed by atoms with Crippen LogP contribution in [0.2, 0.25) is 0 Å². The zero-order chi connectivity index (χ0) is 12.7. The largest absolute Gasteiger partial charge is 0.370 e. The van der Waals surface area contributed by atoms with Crippen LogP contribution < -0.4 is 10.6 Å². The number of nitrogens with zero attached hydrogens (tertiary/aromatic N) is 2. The molecule has 6 nitrogen and oxygen atoms in total. The minimum absolute atomic E-state index is 0.115. The quantitative estimate of drug-likeness (QED) is 0.751. The van der Waals surface area contributed by atoms with Gasteiger partial charge in [0.25, 0.3) is 0 Å². The molecule has 0 fully saturated rings. The number of anilines is 2. The molecule has 0 aromatic carbocycles. The molecule has 1 heterocycles. The van der Waals surface area contributed by atoms with E-state index < -0.39 is 9.84 Å². The fourth-order valence-corrected chi connectivity index (χ4v) is 1.91. The van der Waals surface area contributed by atoms with E-state index in [0.29, 0.717) is 12.4 Å². The fraction of sp³-hybridized carbons (Fsp3) is 0.600. The molecule has 0 aliphatic heterocycles. The van der Waals surface area contributed by atoms with Crippen molar-refractivity contribution < 1.29 is 8.42 Å². The maximum absolute atomic E-state index is 11.3. The standard InChI is InChI=1S/C10H18N4O2S/c1-3-11-9-7-10(14-8-13-9)12-5-6-17(15,16)4-2/h7-8H,3-6H2,1-2H3,(H2,11,12,13,14). The van der Waals surface area contributed by atoms with Crippen molar-refractivity contribution in [3.8, 4) is 0 Å². The Labute approximate surface area is 102 Å². The highest BCUT2D eigenvalue weighted by atomic mass is 32.2. The molecule has 0 atom stereocenters. The normalized spacial score (nSPS) is 11.2. The van der Waals surface area contributed by atoms with Gasteiger partial charge in [0.15, 0.2) is 9.84 Å². The van der Waals surface area contributed by atoms with E-state index in [0.717, 1.165) is 12.4 Å². The summed E-state index contributed by atoms with van der Waals surface area (Å²) >= 11 is 0. The van der Waals surface area contributed by atoms with Crippen molar-refractivity contribution in [1.82, 2.24) is 9.97 Å². The molecular formula is C10H18N4O2S. The van der Waals surface area contributed by atoms with Crippen LogP contribution in [0.4, 0.5) is 11.6 Å². The van der Waals surface area contributed by atoms with E-state index in [2.05, 4.69) is 20.6 Å². The Hall–Kier alpha value is -1.37. The lowest BCUT2D eigenvalue weighted by Gasteiger charge is -2.07. The predicted molar refractivity (Wildman–Crippen MR) is 69.0 cm³/mol. The first-order chi connectivity index (χ1) is 8.07. The summed E-state index contributed by atoms with van der Waals surface area (Å²) in [5.74, 6) is 1.64. The smallest absolute Gasteiger partial charge is 0.151 e. The van der Waals surface area contributed by atoms with Crippen LogP contribution in [0.3, 0.4) is 0 Å². The first-order valence-electron chi connectivity index (χ1n) is 5.57. The first kappa shape index (κ1) is 13.7. The lowest BCUT2D eigenvalue weighted by Crippen LogP contribution is -2.17. The molecule has 0 amide bonds. The number of rotatable bonds is 7. The van der Waals surface area contributed by atoms with Gasteiger partial charge in [-0.15, -0.1) is 0 Å². The van der Waals surface area contributed by atoms with Gasteiger partial charge >= 0.3 is 0 Å². The van der Waals surface area contributed by atoms with Gasteiger partial charge in [-0.1, -0.05) is 6.92 Å². The van der Waals surface area contributed by atoms with E-state index in [1.54, 1.807) is 13.0 Å². The summed E-state index contributed by atoms with van der Waals surface area (Å²) in [6, 6.07) is 1.75. The molecule has 0 radical (unpaired) electrons. The molecule has 0 spiro atoms. The van der Waals surface area contributed by atoms with Crippen LogP contribution in [0.15, 0.2) is 12.4 Å². The van der Waals surface area contributed by atoms with Gasteiger partial charge in [0.1, 0.15) is 18.0 Å². The molecule has 7 heteroatoms. The third-order valence-electron chi connectivity index (χ3n) is 2.18. The first-order valence-corrected chi connectivity index (χ1v) is 7.39. The number of nitrogens with one attached hydrogen (secondary N) is 2. The second-order valence-electron chi connectivity index (χ2n) is 3.48. The van der Waals surface area contributed by atoms with Gasteiger partial charge in [0.05, 0.1) is 5.75 Å². The number of aromatic nitrogens is 2. The van der Waals surface area contributed by atoms with Gasteiger partial charge < -0.3 is 10.6 Å². The van der Waals surface area contributed by atoms with Crippen molar-refractivity contribution in [3.05, 3.63) is 12.4 Å². The van der Waals surface area contributed by atoms with Crippen molar-refractivity contribution in [2.45, 2.75) is 13.8 Å². The summed E-state index contributed by atoms with van der Waals surface area (Å²) in [7, 11) is -2.93. The van der Waals surface area contributed by atoms with Crippen LogP contribution >= 0.6 is 0 Å². The molecule has 17 heavy (non-hydrogen) atoms. The average Bonchev–Trinajstić information content (AvgIpc) is 2.30. The molecule has 0 aliphatic rings. The van der Waals surface area contributed by atoms with E-state index in [-0.39, 0.29) is 11.5 Å². The van der Waals surface area contributed by atoms with Crippen LogP contribution in [0.1, 0.15) is 13.8 Å². The van der Waals surface area contributed by atoms with E-state index in [4.69, 9.17) is 0 Å². The highest BCUT2D eigenvalue weighted by Gasteiger charge is 2.06. The highest BCUT2D eigenvalue weighted by Crippen LogP contribution is 2.07. The number of hydrogen-bond acceptors (Lipinski definition) is 6. The van der Waals surface area contributed by atoms with Gasteiger partial charge in [0.2, 0.25) is 0 Å². The van der Waals surface area contributed by atoms with Gasteiger partial charge in [0, 0.05) is 24.9 Å². The summed E-state index contributed by atoms with van der Waals surface area (Å²) < 4.78 is 22.5. The molecule has 1 aromatic heterocycles. The lowest BCUT2D eigenvalue weighted by atomic mass is 10.5. The molecule has 0 bridgehead atoms. The molecule has 2 N–H and O–H groups in total. The molecular weight excluding hydrogens is 240 g/mol. The van der Waals surface area contributed by atoms with Crippen molar-refractivity contribution in [1.29, 1.82) is 0 Å². The predicted octanol–water partition coefficient (Wildman–Crippen LogP) is 0.755. The van der Waals surface area contributed by atoms with Crippen LogP contribution in [-0.2, 0) is 9.84 Å². The van der Waals surface area contributed by atoms with E-state index in [9.17, 15) is 8.42 Å². The van der Waals surface area contributed by atoms with Crippen LogP contribution in [0.25, 0.3) is 0 Å². The molecule has 0 saturated heterocycles. The second-order valence-corrected chi connectivity index (χ2v) is 5.95.